The number of nitrogens with zero attached hydrogens (tertiary/aromatic N) is 3. The lowest BCUT2D eigenvalue weighted by Gasteiger charge is -2.26. The molecular formula is C13H12N4O. The molecule has 5 heteroatoms. The summed E-state index contributed by atoms with van der Waals surface area (Å²) < 4.78 is 1.89. The summed E-state index contributed by atoms with van der Waals surface area (Å²) in [5, 5.41) is 8.85. The Morgan fingerprint density at radius 1 is 1.39 bits per heavy atom. The van der Waals surface area contributed by atoms with Crippen LogP contribution in [0.3, 0.4) is 0 Å². The van der Waals surface area contributed by atoms with Gasteiger partial charge >= 0.3 is 0 Å². The molecule has 2 aromatic heterocycles. The smallest absolute Gasteiger partial charge is 0.240 e. The minimum atomic E-state index is 0.0173. The summed E-state index contributed by atoms with van der Waals surface area (Å²) in [6.07, 6.45) is 4.38. The van der Waals surface area contributed by atoms with Gasteiger partial charge in [0, 0.05) is 24.1 Å². The fourth-order valence-corrected chi connectivity index (χ4v) is 2.89. The molecule has 2 aromatic rings. The van der Waals surface area contributed by atoms with Gasteiger partial charge in [-0.05, 0) is 25.0 Å². The van der Waals surface area contributed by atoms with Gasteiger partial charge in [0.15, 0.2) is 0 Å². The molecule has 1 amide bonds. The Kier molecular flexibility index (Phi) is 1.86. The molecule has 90 valence electrons. The molecular weight excluding hydrogens is 228 g/mol. The zero-order chi connectivity index (χ0) is 12.1. The standard InChI is InChI=1S/C13H12N4O/c18-11-7-8-4-5-9-12(13(8)15-14-11)10-3-1-2-6-17(10)16-9/h1-3,6,8H,4-5,7H2,(H,14,18). The molecule has 2 aliphatic rings. The number of aryl methyl sites for hydroxylation is 1. The highest BCUT2D eigenvalue weighted by Gasteiger charge is 2.33. The molecule has 0 saturated heterocycles. The first-order valence-corrected chi connectivity index (χ1v) is 6.16. The highest BCUT2D eigenvalue weighted by Crippen LogP contribution is 2.31. The van der Waals surface area contributed by atoms with Crippen molar-refractivity contribution in [3.05, 3.63) is 35.7 Å². The molecule has 0 fully saturated rings. The average Bonchev–Trinajstić information content (AvgIpc) is 2.77. The van der Waals surface area contributed by atoms with E-state index >= 15 is 0 Å². The van der Waals surface area contributed by atoms with Crippen LogP contribution in [0.25, 0.3) is 5.52 Å². The lowest BCUT2D eigenvalue weighted by atomic mass is 9.82. The summed E-state index contributed by atoms with van der Waals surface area (Å²) in [6, 6.07) is 6.02. The van der Waals surface area contributed by atoms with E-state index in [1.165, 1.54) is 0 Å². The van der Waals surface area contributed by atoms with E-state index in [0.29, 0.717) is 6.42 Å². The van der Waals surface area contributed by atoms with Gasteiger partial charge in [-0.3, -0.25) is 4.79 Å². The number of nitrogens with one attached hydrogen (secondary N) is 1. The minimum Gasteiger partial charge on any atom is -0.273 e. The van der Waals surface area contributed by atoms with Crippen LogP contribution in [-0.4, -0.2) is 21.2 Å². The highest BCUT2D eigenvalue weighted by molar-refractivity contribution is 6.11. The molecule has 3 heterocycles. The summed E-state index contributed by atoms with van der Waals surface area (Å²) in [5.74, 6) is 0.267. The predicted molar refractivity (Wildman–Crippen MR) is 66.3 cm³/mol. The van der Waals surface area contributed by atoms with Crippen molar-refractivity contribution in [1.29, 1.82) is 0 Å². The summed E-state index contributed by atoms with van der Waals surface area (Å²) in [6.45, 7) is 0. The maximum atomic E-state index is 11.4. The maximum absolute atomic E-state index is 11.4. The van der Waals surface area contributed by atoms with Crippen LogP contribution in [0.15, 0.2) is 29.5 Å². The molecule has 1 N–H and O–H groups in total. The summed E-state index contributed by atoms with van der Waals surface area (Å²) in [4.78, 5) is 11.4. The molecule has 5 nitrogen and oxygen atoms in total. The van der Waals surface area contributed by atoms with Gasteiger partial charge in [0.05, 0.1) is 16.9 Å². The quantitative estimate of drug-likeness (QED) is 0.750. The third kappa shape index (κ3) is 1.24. The average molecular weight is 240 g/mol. The van der Waals surface area contributed by atoms with Gasteiger partial charge in [-0.1, -0.05) is 6.07 Å². The van der Waals surface area contributed by atoms with Crippen molar-refractivity contribution in [3.63, 3.8) is 0 Å². The highest BCUT2D eigenvalue weighted by atomic mass is 16.2. The molecule has 0 aromatic carbocycles. The third-order valence-corrected chi connectivity index (χ3v) is 3.72. The van der Waals surface area contributed by atoms with Gasteiger partial charge in [-0.2, -0.15) is 10.2 Å². The molecule has 4 rings (SSSR count). The van der Waals surface area contributed by atoms with E-state index in [2.05, 4.69) is 15.6 Å². The van der Waals surface area contributed by atoms with Crippen molar-refractivity contribution >= 4 is 17.1 Å². The number of amides is 1. The topological polar surface area (TPSA) is 58.8 Å². The van der Waals surface area contributed by atoms with Crippen LogP contribution < -0.4 is 5.43 Å². The van der Waals surface area contributed by atoms with Crippen molar-refractivity contribution in [1.82, 2.24) is 15.0 Å². The van der Waals surface area contributed by atoms with E-state index in [9.17, 15) is 4.79 Å². The molecule has 1 unspecified atom stereocenters. The molecule has 0 saturated carbocycles. The second-order valence-electron chi connectivity index (χ2n) is 4.82. The summed E-state index contributed by atoms with van der Waals surface area (Å²) >= 11 is 0. The van der Waals surface area contributed by atoms with E-state index < -0.39 is 0 Å². The Balaban J connectivity index is 1.98. The minimum absolute atomic E-state index is 0.0173. The van der Waals surface area contributed by atoms with Crippen molar-refractivity contribution in [2.45, 2.75) is 19.3 Å². The van der Waals surface area contributed by atoms with Crippen LogP contribution in [0, 0.1) is 5.92 Å². The number of aromatic nitrogens is 2. The van der Waals surface area contributed by atoms with E-state index in [4.69, 9.17) is 0 Å². The molecule has 0 spiro atoms. The molecule has 1 aliphatic carbocycles. The Morgan fingerprint density at radius 2 is 2.33 bits per heavy atom. The van der Waals surface area contributed by atoms with Crippen LogP contribution in [0.1, 0.15) is 24.1 Å². The van der Waals surface area contributed by atoms with Crippen LogP contribution in [-0.2, 0) is 11.2 Å². The Morgan fingerprint density at radius 3 is 3.28 bits per heavy atom. The molecule has 1 atom stereocenters. The first-order valence-electron chi connectivity index (χ1n) is 6.16. The largest absolute Gasteiger partial charge is 0.273 e. The van der Waals surface area contributed by atoms with E-state index in [1.807, 2.05) is 28.9 Å². The van der Waals surface area contributed by atoms with Gasteiger partial charge < -0.3 is 0 Å². The lowest BCUT2D eigenvalue weighted by molar-refractivity contribution is -0.122. The molecule has 18 heavy (non-hydrogen) atoms. The third-order valence-electron chi connectivity index (χ3n) is 3.72. The number of rotatable bonds is 0. The molecule has 0 bridgehead atoms. The predicted octanol–water partition coefficient (Wildman–Crippen LogP) is 1.12. The number of hydrogen-bond donors (Lipinski definition) is 1. The summed E-state index contributed by atoms with van der Waals surface area (Å²) in [5.41, 5.74) is 6.87. The monoisotopic (exact) mass is 240 g/mol. The van der Waals surface area contributed by atoms with Crippen LogP contribution in [0.5, 0.6) is 0 Å². The van der Waals surface area contributed by atoms with Crippen molar-refractivity contribution < 1.29 is 4.79 Å². The number of hydrazone groups is 1. The van der Waals surface area contributed by atoms with Crippen LogP contribution in [0.2, 0.25) is 0 Å². The number of carbonyl (C=O) groups is 1. The SMILES string of the molecule is O=C1CC2CCc3nn4ccccc4c3C2=NN1. The second-order valence-corrected chi connectivity index (χ2v) is 4.82. The second kappa shape index (κ2) is 3.41. The normalized spacial score (nSPS) is 22.1. The van der Waals surface area contributed by atoms with Crippen molar-refractivity contribution in [2.24, 2.45) is 11.0 Å². The zero-order valence-electron chi connectivity index (χ0n) is 9.76. The Hall–Kier alpha value is -2.17. The Labute approximate surface area is 103 Å². The number of pyridine rings is 1. The van der Waals surface area contributed by atoms with E-state index in [-0.39, 0.29) is 11.8 Å². The van der Waals surface area contributed by atoms with Crippen LogP contribution >= 0.6 is 0 Å². The van der Waals surface area contributed by atoms with E-state index in [0.717, 1.165) is 35.3 Å². The van der Waals surface area contributed by atoms with Gasteiger partial charge in [0.25, 0.3) is 0 Å². The molecule has 1 aliphatic heterocycles. The van der Waals surface area contributed by atoms with Crippen molar-refractivity contribution in [2.75, 3.05) is 0 Å². The van der Waals surface area contributed by atoms with E-state index in [1.54, 1.807) is 0 Å². The first-order chi connectivity index (χ1) is 8.83. The van der Waals surface area contributed by atoms with Gasteiger partial charge in [0.2, 0.25) is 5.91 Å². The van der Waals surface area contributed by atoms with Gasteiger partial charge in [-0.25, -0.2) is 9.94 Å². The molecule has 0 radical (unpaired) electrons. The first kappa shape index (κ1) is 9.82. The Bertz CT molecular complexity index is 685. The van der Waals surface area contributed by atoms with Crippen LogP contribution in [0.4, 0.5) is 0 Å². The van der Waals surface area contributed by atoms with Crippen molar-refractivity contribution in [3.8, 4) is 0 Å². The van der Waals surface area contributed by atoms with Gasteiger partial charge in [0.1, 0.15) is 0 Å². The zero-order valence-corrected chi connectivity index (χ0v) is 9.76. The fourth-order valence-electron chi connectivity index (χ4n) is 2.89. The number of carbonyl (C=O) groups excluding carboxylic acids is 1. The number of hydrogen-bond acceptors (Lipinski definition) is 3. The van der Waals surface area contributed by atoms with Gasteiger partial charge in [-0.15, -0.1) is 0 Å². The number of fused-ring (bicyclic) bond motifs is 5. The summed E-state index contributed by atoms with van der Waals surface area (Å²) in [7, 11) is 0. The lowest BCUT2D eigenvalue weighted by Crippen LogP contribution is -2.36. The fraction of sp³-hybridized carbons (Fsp3) is 0.308. The maximum Gasteiger partial charge on any atom is 0.240 e.